The molecule has 1 aliphatic heterocycles. The second kappa shape index (κ2) is 7.62. The molecule has 0 spiro atoms. The number of nitrogens with zero attached hydrogens (tertiary/aromatic N) is 2. The van der Waals surface area contributed by atoms with Gasteiger partial charge >= 0.3 is 0 Å². The summed E-state index contributed by atoms with van der Waals surface area (Å²) in [7, 11) is 0. The van der Waals surface area contributed by atoms with Crippen molar-refractivity contribution < 1.29 is 9.59 Å². The molecular weight excluding hydrogens is 288 g/mol. The van der Waals surface area contributed by atoms with Gasteiger partial charge in [-0.3, -0.25) is 9.59 Å². The molecule has 4 nitrogen and oxygen atoms in total. The number of benzene rings is 1. The number of amides is 2. The highest BCUT2D eigenvalue weighted by molar-refractivity contribution is 5.95. The van der Waals surface area contributed by atoms with Crippen LogP contribution in [0, 0.1) is 19.8 Å². The Hall–Kier alpha value is -1.84. The van der Waals surface area contributed by atoms with E-state index in [-0.39, 0.29) is 11.8 Å². The fourth-order valence-corrected chi connectivity index (χ4v) is 3.07. The van der Waals surface area contributed by atoms with Crippen molar-refractivity contribution in [3.8, 4) is 0 Å². The van der Waals surface area contributed by atoms with Crippen molar-refractivity contribution in [3.63, 3.8) is 0 Å². The van der Waals surface area contributed by atoms with Crippen LogP contribution in [0.4, 0.5) is 0 Å². The van der Waals surface area contributed by atoms with Gasteiger partial charge in [-0.25, -0.2) is 0 Å². The number of hydrogen-bond acceptors (Lipinski definition) is 2. The van der Waals surface area contributed by atoms with Crippen molar-refractivity contribution in [2.75, 3.05) is 26.2 Å². The molecule has 1 aromatic rings. The van der Waals surface area contributed by atoms with E-state index in [1.165, 1.54) is 5.56 Å². The highest BCUT2D eigenvalue weighted by Crippen LogP contribution is 2.15. The van der Waals surface area contributed by atoms with Crippen molar-refractivity contribution in [1.29, 1.82) is 0 Å². The largest absolute Gasteiger partial charge is 0.341 e. The number of carbonyl (C=O) groups is 2. The quantitative estimate of drug-likeness (QED) is 0.860. The smallest absolute Gasteiger partial charge is 0.254 e. The minimum absolute atomic E-state index is 0.0839. The molecule has 0 N–H and O–H groups in total. The van der Waals surface area contributed by atoms with Crippen LogP contribution < -0.4 is 0 Å². The summed E-state index contributed by atoms with van der Waals surface area (Å²) < 4.78 is 0. The Bertz CT molecular complexity index is 581. The fourth-order valence-electron chi connectivity index (χ4n) is 3.07. The van der Waals surface area contributed by atoms with Crippen LogP contribution >= 0.6 is 0 Å². The van der Waals surface area contributed by atoms with Crippen LogP contribution in [0.3, 0.4) is 0 Å². The summed E-state index contributed by atoms with van der Waals surface area (Å²) >= 11 is 0. The molecule has 0 aliphatic carbocycles. The Labute approximate surface area is 139 Å². The van der Waals surface area contributed by atoms with E-state index >= 15 is 0 Å². The third-order valence-corrected chi connectivity index (χ3v) is 4.33. The molecule has 2 rings (SSSR count). The molecule has 0 aromatic heterocycles. The summed E-state index contributed by atoms with van der Waals surface area (Å²) in [6, 6.07) is 5.94. The molecule has 4 heteroatoms. The van der Waals surface area contributed by atoms with Gasteiger partial charge in [-0.2, -0.15) is 0 Å². The fraction of sp³-hybridized carbons (Fsp3) is 0.579. The molecule has 23 heavy (non-hydrogen) atoms. The zero-order chi connectivity index (χ0) is 17.0. The van der Waals surface area contributed by atoms with Gasteiger partial charge in [-0.05, 0) is 37.8 Å². The SMILES string of the molecule is Cc1ccc(C(=O)N2CCCN(C(=O)CC(C)C)CC2)c(C)c1. The van der Waals surface area contributed by atoms with Crippen molar-refractivity contribution in [2.45, 2.75) is 40.5 Å². The summed E-state index contributed by atoms with van der Waals surface area (Å²) in [5, 5.41) is 0. The van der Waals surface area contributed by atoms with E-state index in [1.807, 2.05) is 41.8 Å². The zero-order valence-corrected chi connectivity index (χ0v) is 14.8. The minimum Gasteiger partial charge on any atom is -0.341 e. The molecule has 1 fully saturated rings. The molecule has 0 radical (unpaired) electrons. The van der Waals surface area contributed by atoms with Gasteiger partial charge in [0.15, 0.2) is 0 Å². The van der Waals surface area contributed by atoms with Gasteiger partial charge < -0.3 is 9.80 Å². The molecule has 1 aromatic carbocycles. The monoisotopic (exact) mass is 316 g/mol. The average molecular weight is 316 g/mol. The van der Waals surface area contributed by atoms with Crippen LogP contribution in [0.5, 0.6) is 0 Å². The highest BCUT2D eigenvalue weighted by Gasteiger charge is 2.23. The molecule has 1 aliphatic rings. The van der Waals surface area contributed by atoms with Crippen LogP contribution in [-0.2, 0) is 4.79 Å². The lowest BCUT2D eigenvalue weighted by Crippen LogP contribution is -2.37. The lowest BCUT2D eigenvalue weighted by Gasteiger charge is -2.23. The number of carbonyl (C=O) groups excluding carboxylic acids is 2. The Morgan fingerprint density at radius 2 is 1.70 bits per heavy atom. The van der Waals surface area contributed by atoms with Gasteiger partial charge in [0.05, 0.1) is 0 Å². The van der Waals surface area contributed by atoms with E-state index in [0.717, 1.165) is 30.6 Å². The first-order chi connectivity index (χ1) is 10.9. The van der Waals surface area contributed by atoms with Crippen LogP contribution in [-0.4, -0.2) is 47.8 Å². The average Bonchev–Trinajstić information content (AvgIpc) is 2.71. The maximum Gasteiger partial charge on any atom is 0.254 e. The number of hydrogen-bond donors (Lipinski definition) is 0. The standard InChI is InChI=1S/C19H28N2O2/c1-14(2)12-18(22)20-8-5-9-21(11-10-20)19(23)17-7-6-15(3)13-16(17)4/h6-7,13-14H,5,8-12H2,1-4H3. The summed E-state index contributed by atoms with van der Waals surface area (Å²) in [5.74, 6) is 0.667. The molecule has 0 atom stereocenters. The van der Waals surface area contributed by atoms with E-state index in [4.69, 9.17) is 0 Å². The summed E-state index contributed by atoms with van der Waals surface area (Å²) in [6.45, 7) is 10.9. The molecule has 126 valence electrons. The van der Waals surface area contributed by atoms with Crippen LogP contribution in [0.25, 0.3) is 0 Å². The van der Waals surface area contributed by atoms with Gasteiger partial charge in [0.25, 0.3) is 5.91 Å². The van der Waals surface area contributed by atoms with Gasteiger partial charge in [0.2, 0.25) is 5.91 Å². The minimum atomic E-state index is 0.0839. The Balaban J connectivity index is 2.02. The molecular formula is C19H28N2O2. The molecule has 0 unspecified atom stereocenters. The summed E-state index contributed by atoms with van der Waals surface area (Å²) in [5.41, 5.74) is 2.96. The first kappa shape index (κ1) is 17.5. The maximum absolute atomic E-state index is 12.8. The predicted octanol–water partition coefficient (Wildman–Crippen LogP) is 3.02. The van der Waals surface area contributed by atoms with Gasteiger partial charge in [0.1, 0.15) is 0 Å². The predicted molar refractivity (Wildman–Crippen MR) is 92.5 cm³/mol. The third kappa shape index (κ3) is 4.57. The van der Waals surface area contributed by atoms with Gasteiger partial charge in [-0.1, -0.05) is 31.5 Å². The zero-order valence-electron chi connectivity index (χ0n) is 14.8. The Morgan fingerprint density at radius 1 is 1.04 bits per heavy atom. The van der Waals surface area contributed by atoms with Gasteiger partial charge in [0, 0.05) is 38.2 Å². The van der Waals surface area contributed by atoms with E-state index in [1.54, 1.807) is 0 Å². The lowest BCUT2D eigenvalue weighted by molar-refractivity contribution is -0.131. The Kier molecular flexibility index (Phi) is 5.80. The van der Waals surface area contributed by atoms with E-state index in [9.17, 15) is 9.59 Å². The Morgan fingerprint density at radius 3 is 2.35 bits per heavy atom. The second-order valence-electron chi connectivity index (χ2n) is 6.94. The van der Waals surface area contributed by atoms with Crippen molar-refractivity contribution in [3.05, 3.63) is 34.9 Å². The van der Waals surface area contributed by atoms with Crippen molar-refractivity contribution >= 4 is 11.8 Å². The first-order valence-corrected chi connectivity index (χ1v) is 8.52. The molecule has 0 saturated carbocycles. The van der Waals surface area contributed by atoms with Crippen molar-refractivity contribution in [1.82, 2.24) is 9.80 Å². The normalized spacial score (nSPS) is 15.7. The number of aryl methyl sites for hydroxylation is 2. The van der Waals surface area contributed by atoms with Crippen molar-refractivity contribution in [2.24, 2.45) is 5.92 Å². The molecule has 1 heterocycles. The van der Waals surface area contributed by atoms with Crippen LogP contribution in [0.1, 0.15) is 48.2 Å². The van der Waals surface area contributed by atoms with Gasteiger partial charge in [-0.15, -0.1) is 0 Å². The molecule has 2 amide bonds. The summed E-state index contributed by atoms with van der Waals surface area (Å²) in [4.78, 5) is 28.8. The van der Waals surface area contributed by atoms with E-state index < -0.39 is 0 Å². The number of rotatable bonds is 3. The molecule has 1 saturated heterocycles. The van der Waals surface area contributed by atoms with E-state index in [0.29, 0.717) is 25.4 Å². The highest BCUT2D eigenvalue weighted by atomic mass is 16.2. The summed E-state index contributed by atoms with van der Waals surface area (Å²) in [6.07, 6.45) is 1.44. The van der Waals surface area contributed by atoms with Crippen LogP contribution in [0.15, 0.2) is 18.2 Å². The molecule has 0 bridgehead atoms. The third-order valence-electron chi connectivity index (χ3n) is 4.33. The van der Waals surface area contributed by atoms with E-state index in [2.05, 4.69) is 13.8 Å². The lowest BCUT2D eigenvalue weighted by atomic mass is 10.0. The second-order valence-corrected chi connectivity index (χ2v) is 6.94. The van der Waals surface area contributed by atoms with Crippen LogP contribution in [0.2, 0.25) is 0 Å². The first-order valence-electron chi connectivity index (χ1n) is 8.52. The topological polar surface area (TPSA) is 40.6 Å². The maximum atomic E-state index is 12.8.